The molecule has 4 heterocycles. The number of nitrogens with two attached hydrogens (primary N) is 1. The standard InChI is InChI=1S/C25H30N6O3.C5H4FN.CH5N.CH2O/c1-4-8-19-13-20(14-26-24(19)27-17-32)23-18(2)25(31(29-23)22-9-6-5-7-10-22)28-21-15-30(34-16-21)11-12-33-3;6-5-3-1-2-4-7-5;2*1-2/h4-10,13-14,17,21,28H,11-12,15-16H2,1-3H3,(H,26,27,32);1-4H;2H2,1H3;1H2/b8-4-;;;. The molecule has 0 radical (unpaired) electrons. The number of anilines is 2. The van der Waals surface area contributed by atoms with Crippen LogP contribution in [0.5, 0.6) is 0 Å². The molecule has 12 nitrogen and oxygen atoms in total. The molecule has 4 N–H and O–H groups in total. The van der Waals surface area contributed by atoms with E-state index in [0.29, 0.717) is 25.4 Å². The highest BCUT2D eigenvalue weighted by Gasteiger charge is 2.27. The zero-order chi connectivity index (χ0) is 33.0. The van der Waals surface area contributed by atoms with E-state index < -0.39 is 5.95 Å². The van der Waals surface area contributed by atoms with Crippen molar-refractivity contribution < 1.29 is 23.6 Å². The molecule has 1 aliphatic heterocycles. The number of halogens is 1. The average molecular weight is 621 g/mol. The van der Waals surface area contributed by atoms with Crippen molar-refractivity contribution in [3.63, 3.8) is 0 Å². The molecule has 0 saturated carbocycles. The predicted octanol–water partition coefficient (Wildman–Crippen LogP) is 4.13. The van der Waals surface area contributed by atoms with Crippen LogP contribution in [-0.2, 0) is 19.2 Å². The smallest absolute Gasteiger partial charge is 0.212 e. The maximum absolute atomic E-state index is 11.8. The number of pyridine rings is 2. The summed E-state index contributed by atoms with van der Waals surface area (Å²) >= 11 is 0. The second kappa shape index (κ2) is 20.2. The van der Waals surface area contributed by atoms with Gasteiger partial charge in [0.25, 0.3) is 0 Å². The van der Waals surface area contributed by atoms with Crippen molar-refractivity contribution in [2.75, 3.05) is 51.1 Å². The average Bonchev–Trinajstić information content (AvgIpc) is 3.68. The maximum Gasteiger partial charge on any atom is 0.212 e. The molecule has 0 spiro atoms. The first kappa shape index (κ1) is 36.4. The molecule has 0 bridgehead atoms. The Kier molecular flexibility index (Phi) is 16.3. The van der Waals surface area contributed by atoms with Gasteiger partial charge in [-0.2, -0.15) is 14.6 Å². The molecular formula is C32H41FN8O4. The Morgan fingerprint density at radius 3 is 2.49 bits per heavy atom. The molecule has 13 heteroatoms. The SMILES string of the molecule is C/C=C\c1cc(-c2nn(-c3ccccc3)c(NC3CON(CCOC)C3)c2C)cnc1NC=O.C=O.CN.Fc1ccccn1. The molecular weight excluding hydrogens is 579 g/mol. The van der Waals surface area contributed by atoms with E-state index in [4.69, 9.17) is 19.5 Å². The molecule has 45 heavy (non-hydrogen) atoms. The van der Waals surface area contributed by atoms with Gasteiger partial charge in [0.2, 0.25) is 12.4 Å². The van der Waals surface area contributed by atoms with Crippen LogP contribution in [0, 0.1) is 12.9 Å². The van der Waals surface area contributed by atoms with Gasteiger partial charge in [-0.15, -0.1) is 0 Å². The number of nitrogens with one attached hydrogen (secondary N) is 2. The van der Waals surface area contributed by atoms with E-state index in [1.807, 2.05) is 72.0 Å². The van der Waals surface area contributed by atoms with Gasteiger partial charge in [0.05, 0.1) is 30.6 Å². The minimum Gasteiger partial charge on any atom is -0.383 e. The highest BCUT2D eigenvalue weighted by atomic mass is 19.1. The molecule has 1 saturated heterocycles. The third-order valence-corrected chi connectivity index (χ3v) is 6.25. The van der Waals surface area contributed by atoms with E-state index in [0.717, 1.165) is 47.0 Å². The molecule has 4 aromatic rings. The number of nitrogens with zero attached hydrogens (tertiary/aromatic N) is 5. The molecule has 0 aliphatic carbocycles. The Balaban J connectivity index is 0.000000551. The van der Waals surface area contributed by atoms with Gasteiger partial charge in [-0.3, -0.25) is 9.63 Å². The van der Waals surface area contributed by atoms with Crippen molar-refractivity contribution in [3.8, 4) is 16.9 Å². The first-order valence-electron chi connectivity index (χ1n) is 14.1. The number of ether oxygens (including phenoxy) is 1. The molecule has 240 valence electrons. The lowest BCUT2D eigenvalue weighted by atomic mass is 10.1. The summed E-state index contributed by atoms with van der Waals surface area (Å²) in [6.07, 6.45) is 7.60. The minimum atomic E-state index is -0.428. The van der Waals surface area contributed by atoms with Crippen molar-refractivity contribution in [2.24, 2.45) is 5.73 Å². The topological polar surface area (TPSA) is 150 Å². The summed E-state index contributed by atoms with van der Waals surface area (Å²) in [5, 5.41) is 13.2. The van der Waals surface area contributed by atoms with Gasteiger partial charge in [0.15, 0.2) is 0 Å². The van der Waals surface area contributed by atoms with Crippen LogP contribution in [-0.4, -0.2) is 84.5 Å². The number of aromatic nitrogens is 4. The predicted molar refractivity (Wildman–Crippen MR) is 174 cm³/mol. The van der Waals surface area contributed by atoms with Crippen LogP contribution in [0.15, 0.2) is 73.1 Å². The fourth-order valence-corrected chi connectivity index (χ4v) is 4.31. The Morgan fingerprint density at radius 1 is 1.16 bits per heavy atom. The van der Waals surface area contributed by atoms with E-state index in [1.54, 1.807) is 25.4 Å². The molecule has 1 aliphatic rings. The third kappa shape index (κ3) is 10.7. The summed E-state index contributed by atoms with van der Waals surface area (Å²) in [7, 11) is 3.19. The monoisotopic (exact) mass is 620 g/mol. The third-order valence-electron chi connectivity index (χ3n) is 6.25. The van der Waals surface area contributed by atoms with E-state index in [9.17, 15) is 9.18 Å². The highest BCUT2D eigenvalue weighted by molar-refractivity contribution is 5.79. The van der Waals surface area contributed by atoms with Gasteiger partial charge < -0.3 is 25.9 Å². The number of carbonyl (C=O) groups is 2. The van der Waals surface area contributed by atoms with Crippen molar-refractivity contribution in [3.05, 3.63) is 90.1 Å². The zero-order valence-electron chi connectivity index (χ0n) is 26.0. The summed E-state index contributed by atoms with van der Waals surface area (Å²) < 4.78 is 18.9. The molecule has 1 aromatic carbocycles. The summed E-state index contributed by atoms with van der Waals surface area (Å²) in [5.74, 6) is 0.989. The van der Waals surface area contributed by atoms with Gasteiger partial charge in [0, 0.05) is 49.3 Å². The first-order chi connectivity index (χ1) is 22.0. The van der Waals surface area contributed by atoms with Crippen LogP contribution in [0.4, 0.5) is 16.0 Å². The number of hydroxylamine groups is 2. The largest absolute Gasteiger partial charge is 0.383 e. The number of methoxy groups -OCH3 is 1. The van der Waals surface area contributed by atoms with Crippen LogP contribution in [0.1, 0.15) is 18.1 Å². The van der Waals surface area contributed by atoms with E-state index >= 15 is 0 Å². The van der Waals surface area contributed by atoms with E-state index in [1.165, 1.54) is 19.3 Å². The van der Waals surface area contributed by atoms with Crippen LogP contribution in [0.3, 0.4) is 0 Å². The van der Waals surface area contributed by atoms with Gasteiger partial charge in [-0.25, -0.2) is 14.6 Å². The van der Waals surface area contributed by atoms with Crippen molar-refractivity contribution in [1.29, 1.82) is 0 Å². The Labute approximate surface area is 263 Å². The molecule has 1 amide bonds. The fourth-order valence-electron chi connectivity index (χ4n) is 4.31. The van der Waals surface area contributed by atoms with E-state index in [-0.39, 0.29) is 6.04 Å². The minimum absolute atomic E-state index is 0.110. The van der Waals surface area contributed by atoms with Gasteiger partial charge in [-0.05, 0) is 51.2 Å². The summed E-state index contributed by atoms with van der Waals surface area (Å²) in [6, 6.07) is 16.7. The molecule has 3 aromatic heterocycles. The van der Waals surface area contributed by atoms with Crippen LogP contribution >= 0.6 is 0 Å². The molecule has 5 rings (SSSR count). The van der Waals surface area contributed by atoms with Gasteiger partial charge in [0.1, 0.15) is 18.4 Å². The second-order valence-corrected chi connectivity index (χ2v) is 9.16. The van der Waals surface area contributed by atoms with Crippen LogP contribution < -0.4 is 16.4 Å². The van der Waals surface area contributed by atoms with Crippen LogP contribution in [0.25, 0.3) is 23.0 Å². The Morgan fingerprint density at radius 2 is 1.89 bits per heavy atom. The number of benzene rings is 1. The normalized spacial score (nSPS) is 13.9. The first-order valence-corrected chi connectivity index (χ1v) is 14.1. The number of hydrogen-bond donors (Lipinski definition) is 3. The lowest BCUT2D eigenvalue weighted by molar-refractivity contribution is -0.118. The quantitative estimate of drug-likeness (QED) is 0.175. The van der Waals surface area contributed by atoms with Crippen molar-refractivity contribution in [1.82, 2.24) is 24.8 Å². The number of amides is 1. The number of hydrogen-bond acceptors (Lipinski definition) is 10. The lowest BCUT2D eigenvalue weighted by Crippen LogP contribution is -2.29. The number of para-hydroxylation sites is 1. The number of allylic oxidation sites excluding steroid dienone is 1. The van der Waals surface area contributed by atoms with Crippen molar-refractivity contribution in [2.45, 2.75) is 19.9 Å². The van der Waals surface area contributed by atoms with Gasteiger partial charge >= 0.3 is 0 Å². The zero-order valence-corrected chi connectivity index (χ0v) is 26.0. The molecule has 1 fully saturated rings. The maximum atomic E-state index is 11.8. The van der Waals surface area contributed by atoms with E-state index in [2.05, 4.69) is 33.3 Å². The number of rotatable bonds is 10. The van der Waals surface area contributed by atoms with Crippen LogP contribution in [0.2, 0.25) is 0 Å². The summed E-state index contributed by atoms with van der Waals surface area (Å²) in [4.78, 5) is 32.5. The summed E-state index contributed by atoms with van der Waals surface area (Å²) in [6.45, 7) is 8.63. The summed E-state index contributed by atoms with van der Waals surface area (Å²) in [5.41, 5.74) is 8.95. The van der Waals surface area contributed by atoms with Crippen molar-refractivity contribution >= 4 is 30.9 Å². The van der Waals surface area contributed by atoms with Gasteiger partial charge in [-0.1, -0.05) is 36.4 Å². The Hall–Kier alpha value is -4.82. The molecule has 1 atom stereocenters. The molecule has 1 unspecified atom stereocenters. The Bertz CT molecular complexity index is 1450. The second-order valence-electron chi connectivity index (χ2n) is 9.16. The highest BCUT2D eigenvalue weighted by Crippen LogP contribution is 2.32. The fraction of sp³-hybridized carbons (Fsp3) is 0.281. The lowest BCUT2D eigenvalue weighted by Gasteiger charge is -2.16. The number of carbonyl (C=O) groups excluding carboxylic acids is 2.